The summed E-state index contributed by atoms with van der Waals surface area (Å²) in [5.41, 5.74) is 4.29. The van der Waals surface area contributed by atoms with Crippen molar-refractivity contribution in [2.75, 3.05) is 5.32 Å². The highest BCUT2D eigenvalue weighted by molar-refractivity contribution is 6.09. The van der Waals surface area contributed by atoms with Crippen LogP contribution in [0.25, 0.3) is 0 Å². The first-order chi connectivity index (χ1) is 14.5. The van der Waals surface area contributed by atoms with E-state index in [4.69, 9.17) is 4.74 Å². The zero-order valence-corrected chi connectivity index (χ0v) is 16.7. The third kappa shape index (κ3) is 4.40. The van der Waals surface area contributed by atoms with Crippen molar-refractivity contribution in [1.29, 1.82) is 0 Å². The molecule has 0 heterocycles. The minimum absolute atomic E-state index is 0.205. The second-order valence-corrected chi connectivity index (χ2v) is 7.45. The Morgan fingerprint density at radius 3 is 2.23 bits per heavy atom. The number of ketones is 1. The largest absolute Gasteiger partial charge is 0.481 e. The Balaban J connectivity index is 1.37. The number of benzene rings is 3. The summed E-state index contributed by atoms with van der Waals surface area (Å²) in [4.78, 5) is 24.9. The third-order valence-electron chi connectivity index (χ3n) is 5.27. The molecule has 0 saturated heterocycles. The summed E-state index contributed by atoms with van der Waals surface area (Å²) in [7, 11) is 0. The lowest BCUT2D eigenvalue weighted by Gasteiger charge is -2.15. The molecule has 4 rings (SSSR count). The molecule has 0 aromatic heterocycles. The van der Waals surface area contributed by atoms with Gasteiger partial charge in [-0.25, -0.2) is 4.39 Å². The lowest BCUT2D eigenvalue weighted by Crippen LogP contribution is -2.30. The van der Waals surface area contributed by atoms with Crippen LogP contribution in [0.15, 0.2) is 66.7 Å². The standard InChI is InChI=1S/C25H22FNO3/c1-16(25(29)27-22-12-7-17-3-2-4-20(17)15-22)30-23-13-8-19(9-14-23)24(28)18-5-10-21(26)11-6-18/h5-16H,2-4H2,1H3,(H,27,29). The Labute approximate surface area is 174 Å². The van der Waals surface area contributed by atoms with Gasteiger partial charge in [-0.15, -0.1) is 0 Å². The monoisotopic (exact) mass is 403 g/mol. The second-order valence-electron chi connectivity index (χ2n) is 7.45. The zero-order valence-electron chi connectivity index (χ0n) is 16.7. The molecule has 5 heteroatoms. The molecule has 0 fully saturated rings. The Morgan fingerprint density at radius 2 is 1.53 bits per heavy atom. The van der Waals surface area contributed by atoms with Crippen LogP contribution in [0.2, 0.25) is 0 Å². The zero-order chi connectivity index (χ0) is 21.1. The predicted molar refractivity (Wildman–Crippen MR) is 113 cm³/mol. The summed E-state index contributed by atoms with van der Waals surface area (Å²) in [6, 6.07) is 18.0. The molecule has 0 aliphatic heterocycles. The molecular formula is C25H22FNO3. The number of hydrogen-bond acceptors (Lipinski definition) is 3. The quantitative estimate of drug-likeness (QED) is 0.593. The summed E-state index contributed by atoms with van der Waals surface area (Å²) < 4.78 is 18.8. The molecule has 3 aromatic rings. The molecule has 1 aliphatic rings. The summed E-state index contributed by atoms with van der Waals surface area (Å²) in [6.07, 6.45) is 2.61. The third-order valence-corrected chi connectivity index (χ3v) is 5.27. The van der Waals surface area contributed by atoms with Crippen molar-refractivity contribution in [3.63, 3.8) is 0 Å². The van der Waals surface area contributed by atoms with Crippen LogP contribution in [0.4, 0.5) is 10.1 Å². The Kier molecular flexibility index (Phi) is 5.61. The van der Waals surface area contributed by atoms with Crippen molar-refractivity contribution in [2.24, 2.45) is 0 Å². The molecule has 1 atom stereocenters. The van der Waals surface area contributed by atoms with E-state index < -0.39 is 6.10 Å². The molecule has 1 unspecified atom stereocenters. The molecule has 0 radical (unpaired) electrons. The van der Waals surface area contributed by atoms with Gasteiger partial charge >= 0.3 is 0 Å². The van der Waals surface area contributed by atoms with Crippen LogP contribution in [0.1, 0.15) is 40.4 Å². The summed E-state index contributed by atoms with van der Waals surface area (Å²) in [5, 5.41) is 2.90. The van der Waals surface area contributed by atoms with Crippen molar-refractivity contribution in [1.82, 2.24) is 0 Å². The van der Waals surface area contributed by atoms with Crippen LogP contribution in [0, 0.1) is 5.82 Å². The molecule has 3 aromatic carbocycles. The molecule has 4 nitrogen and oxygen atoms in total. The topological polar surface area (TPSA) is 55.4 Å². The maximum atomic E-state index is 13.0. The van der Waals surface area contributed by atoms with Gasteiger partial charge in [0.2, 0.25) is 0 Å². The fourth-order valence-electron chi connectivity index (χ4n) is 3.60. The molecular weight excluding hydrogens is 381 g/mol. The van der Waals surface area contributed by atoms with Gasteiger partial charge in [-0.05, 0) is 98.0 Å². The molecule has 0 saturated carbocycles. The van der Waals surface area contributed by atoms with Gasteiger partial charge < -0.3 is 10.1 Å². The van der Waals surface area contributed by atoms with Gasteiger partial charge in [-0.2, -0.15) is 0 Å². The van der Waals surface area contributed by atoms with Crippen molar-refractivity contribution in [2.45, 2.75) is 32.3 Å². The summed E-state index contributed by atoms with van der Waals surface area (Å²) in [5.74, 6) is -0.340. The van der Waals surface area contributed by atoms with Gasteiger partial charge in [0.05, 0.1) is 0 Å². The van der Waals surface area contributed by atoms with Gasteiger partial charge in [0, 0.05) is 16.8 Å². The molecule has 1 N–H and O–H groups in total. The fraction of sp³-hybridized carbons (Fsp3) is 0.200. The number of halogens is 1. The van der Waals surface area contributed by atoms with Crippen molar-refractivity contribution >= 4 is 17.4 Å². The van der Waals surface area contributed by atoms with E-state index in [1.54, 1.807) is 31.2 Å². The van der Waals surface area contributed by atoms with Gasteiger partial charge in [-0.1, -0.05) is 6.07 Å². The number of fused-ring (bicyclic) bond motifs is 1. The van der Waals surface area contributed by atoms with Gasteiger partial charge in [0.25, 0.3) is 5.91 Å². The smallest absolute Gasteiger partial charge is 0.265 e. The highest BCUT2D eigenvalue weighted by atomic mass is 19.1. The molecule has 30 heavy (non-hydrogen) atoms. The lowest BCUT2D eigenvalue weighted by molar-refractivity contribution is -0.122. The van der Waals surface area contributed by atoms with E-state index in [0.717, 1.165) is 24.9 Å². The molecule has 152 valence electrons. The highest BCUT2D eigenvalue weighted by Gasteiger charge is 2.17. The normalized spacial score (nSPS) is 13.4. The van der Waals surface area contributed by atoms with E-state index in [1.165, 1.54) is 35.4 Å². The van der Waals surface area contributed by atoms with E-state index >= 15 is 0 Å². The number of carbonyl (C=O) groups is 2. The number of aryl methyl sites for hydroxylation is 2. The second kappa shape index (κ2) is 8.49. The Bertz CT molecular complexity index is 1070. The lowest BCUT2D eigenvalue weighted by atomic mass is 10.0. The fourth-order valence-corrected chi connectivity index (χ4v) is 3.60. The summed E-state index contributed by atoms with van der Waals surface area (Å²) in [6.45, 7) is 1.68. The van der Waals surface area contributed by atoms with Crippen molar-refractivity contribution in [3.05, 3.63) is 94.8 Å². The number of amides is 1. The average molecular weight is 403 g/mol. The minimum atomic E-state index is -0.697. The van der Waals surface area contributed by atoms with E-state index in [2.05, 4.69) is 11.4 Å². The maximum Gasteiger partial charge on any atom is 0.265 e. The first kappa shape index (κ1) is 19.8. The van der Waals surface area contributed by atoms with Crippen LogP contribution in [-0.2, 0) is 17.6 Å². The van der Waals surface area contributed by atoms with Gasteiger partial charge in [-0.3, -0.25) is 9.59 Å². The number of carbonyl (C=O) groups excluding carboxylic acids is 2. The molecule has 1 aliphatic carbocycles. The maximum absolute atomic E-state index is 13.0. The number of hydrogen-bond donors (Lipinski definition) is 1. The number of anilines is 1. The SMILES string of the molecule is CC(Oc1ccc(C(=O)c2ccc(F)cc2)cc1)C(=O)Nc1ccc2c(c1)CCC2. The van der Waals surface area contributed by atoms with Crippen LogP contribution in [0.3, 0.4) is 0 Å². The van der Waals surface area contributed by atoms with Crippen molar-refractivity contribution < 1.29 is 18.7 Å². The van der Waals surface area contributed by atoms with E-state index in [-0.39, 0.29) is 17.5 Å². The van der Waals surface area contributed by atoms with Crippen LogP contribution >= 0.6 is 0 Å². The van der Waals surface area contributed by atoms with Gasteiger partial charge in [0.1, 0.15) is 11.6 Å². The summed E-state index contributed by atoms with van der Waals surface area (Å²) >= 11 is 0. The minimum Gasteiger partial charge on any atom is -0.481 e. The van der Waals surface area contributed by atoms with Crippen LogP contribution in [0.5, 0.6) is 5.75 Å². The molecule has 0 bridgehead atoms. The number of rotatable bonds is 6. The average Bonchev–Trinajstić information content (AvgIpc) is 3.22. The van der Waals surface area contributed by atoms with Crippen LogP contribution in [-0.4, -0.2) is 17.8 Å². The molecule has 0 spiro atoms. The molecule has 1 amide bonds. The van der Waals surface area contributed by atoms with E-state index in [9.17, 15) is 14.0 Å². The first-order valence-corrected chi connectivity index (χ1v) is 9.99. The van der Waals surface area contributed by atoms with Crippen LogP contribution < -0.4 is 10.1 Å². The number of nitrogens with one attached hydrogen (secondary N) is 1. The van der Waals surface area contributed by atoms with E-state index in [1.807, 2.05) is 12.1 Å². The highest BCUT2D eigenvalue weighted by Crippen LogP contribution is 2.25. The number of ether oxygens (including phenoxy) is 1. The van der Waals surface area contributed by atoms with Crippen molar-refractivity contribution in [3.8, 4) is 5.75 Å². The Morgan fingerprint density at radius 1 is 0.900 bits per heavy atom. The van der Waals surface area contributed by atoms with Gasteiger partial charge in [0.15, 0.2) is 11.9 Å². The predicted octanol–water partition coefficient (Wildman–Crippen LogP) is 4.95. The Hall–Kier alpha value is -3.47. The van der Waals surface area contributed by atoms with E-state index in [0.29, 0.717) is 16.9 Å². The first-order valence-electron chi connectivity index (χ1n) is 9.99.